The Labute approximate surface area is 164 Å². The maximum Gasteiger partial charge on any atom is 0.191 e. The Morgan fingerprint density at radius 1 is 1.00 bits per heavy atom. The molecule has 2 aromatic carbocycles. The van der Waals surface area contributed by atoms with Gasteiger partial charge in [0.1, 0.15) is 6.07 Å². The van der Waals surface area contributed by atoms with Gasteiger partial charge in [0.25, 0.3) is 0 Å². The minimum Gasteiger partial charge on any atom is -0.488 e. The normalized spacial score (nSPS) is 9.96. The lowest BCUT2D eigenvalue weighted by Gasteiger charge is -2.11. The molecule has 3 aromatic rings. The van der Waals surface area contributed by atoms with Crippen LogP contribution in [-0.4, -0.2) is 25.3 Å². The Hall–Kier alpha value is -3.70. The maximum absolute atomic E-state index is 14.1. The summed E-state index contributed by atoms with van der Waals surface area (Å²) in [5, 5.41) is 9.38. The number of hydrogen-bond donors (Lipinski definition) is 0. The van der Waals surface area contributed by atoms with E-state index in [9.17, 15) is 9.65 Å². The summed E-state index contributed by atoms with van der Waals surface area (Å²) in [4.78, 5) is 2.03. The van der Waals surface area contributed by atoms with Gasteiger partial charge in [-0.1, -0.05) is 11.8 Å². The zero-order valence-corrected chi connectivity index (χ0v) is 16.0. The first-order valence-electron chi connectivity index (χ1n) is 8.87. The van der Waals surface area contributed by atoms with Crippen LogP contribution in [0.5, 0.6) is 5.75 Å². The molecule has 0 aliphatic carbocycles. The Morgan fingerprint density at radius 2 is 1.57 bits per heavy atom. The highest BCUT2D eigenvalue weighted by atomic mass is 19.1. The number of halogens is 1. The average molecular weight is 373 g/mol. The van der Waals surface area contributed by atoms with Gasteiger partial charge in [-0.2, -0.15) is 5.26 Å². The number of ether oxygens (including phenoxy) is 1. The molecule has 0 radical (unpaired) electrons. The maximum atomic E-state index is 14.1. The van der Waals surface area contributed by atoms with E-state index in [1.165, 1.54) is 10.8 Å². The Kier molecular flexibility index (Phi) is 5.67. The molecule has 0 fully saturated rings. The lowest BCUT2D eigenvalue weighted by atomic mass is 10.1. The summed E-state index contributed by atoms with van der Waals surface area (Å²) in [6, 6.07) is 17.3. The van der Waals surface area contributed by atoms with Crippen molar-refractivity contribution in [2.45, 2.75) is 6.92 Å². The molecule has 140 valence electrons. The fourth-order valence-corrected chi connectivity index (χ4v) is 2.74. The topological polar surface area (TPSA) is 41.2 Å². The molecular weight excluding hydrogens is 353 g/mol. The molecule has 1 heterocycles. The summed E-state index contributed by atoms with van der Waals surface area (Å²) in [6.07, 6.45) is 1.26. The van der Waals surface area contributed by atoms with E-state index in [-0.39, 0.29) is 11.4 Å². The minimum atomic E-state index is -0.552. The molecule has 0 saturated heterocycles. The van der Waals surface area contributed by atoms with Crippen LogP contribution in [0.4, 0.5) is 10.1 Å². The van der Waals surface area contributed by atoms with Gasteiger partial charge >= 0.3 is 0 Å². The van der Waals surface area contributed by atoms with Gasteiger partial charge in [-0.3, -0.25) is 0 Å². The predicted octanol–water partition coefficient (Wildman–Crippen LogP) is 4.35. The van der Waals surface area contributed by atoms with Crippen molar-refractivity contribution in [3.05, 3.63) is 77.4 Å². The molecule has 0 amide bonds. The lowest BCUT2D eigenvalue weighted by molar-refractivity contribution is 0.322. The van der Waals surface area contributed by atoms with Crippen molar-refractivity contribution in [2.24, 2.45) is 0 Å². The molecule has 0 bridgehead atoms. The van der Waals surface area contributed by atoms with Gasteiger partial charge in [0.2, 0.25) is 0 Å². The fourth-order valence-electron chi connectivity index (χ4n) is 2.74. The van der Waals surface area contributed by atoms with Crippen molar-refractivity contribution >= 4 is 5.69 Å². The summed E-state index contributed by atoms with van der Waals surface area (Å²) in [5.41, 5.74) is 3.68. The number of anilines is 1. The number of aromatic nitrogens is 1. The molecule has 0 aliphatic heterocycles. The Morgan fingerprint density at radius 3 is 2.07 bits per heavy atom. The number of nitriles is 1. The van der Waals surface area contributed by atoms with Crippen molar-refractivity contribution in [2.75, 3.05) is 25.6 Å². The summed E-state index contributed by atoms with van der Waals surface area (Å²) < 4.78 is 20.8. The molecule has 0 spiro atoms. The third-order valence-corrected chi connectivity index (χ3v) is 4.19. The zero-order chi connectivity index (χ0) is 20.1. The van der Waals surface area contributed by atoms with Crippen LogP contribution in [0.2, 0.25) is 0 Å². The molecule has 0 aliphatic rings. The zero-order valence-electron chi connectivity index (χ0n) is 16.0. The van der Waals surface area contributed by atoms with E-state index >= 15 is 0 Å². The van der Waals surface area contributed by atoms with E-state index in [1.54, 1.807) is 19.1 Å². The molecule has 28 heavy (non-hydrogen) atoms. The van der Waals surface area contributed by atoms with Gasteiger partial charge in [-0.15, -0.1) is 0 Å². The molecule has 0 atom stereocenters. The predicted molar refractivity (Wildman–Crippen MR) is 108 cm³/mol. The number of nitrogens with zero attached hydrogens (tertiary/aromatic N) is 3. The third kappa shape index (κ3) is 4.00. The molecule has 0 unspecified atom stereocenters. The van der Waals surface area contributed by atoms with Crippen LogP contribution in [-0.2, 0) is 0 Å². The summed E-state index contributed by atoms with van der Waals surface area (Å²) in [6.45, 7) is 2.04. The first-order valence-corrected chi connectivity index (χ1v) is 8.87. The van der Waals surface area contributed by atoms with E-state index in [2.05, 4.69) is 11.8 Å². The molecular formula is C23H20FN3O. The van der Waals surface area contributed by atoms with Crippen molar-refractivity contribution in [3.8, 4) is 29.3 Å². The van der Waals surface area contributed by atoms with Crippen molar-refractivity contribution in [1.29, 1.82) is 5.26 Å². The van der Waals surface area contributed by atoms with Crippen LogP contribution < -0.4 is 9.64 Å². The number of hydrogen-bond acceptors (Lipinski definition) is 3. The highest BCUT2D eigenvalue weighted by Gasteiger charge is 2.18. The van der Waals surface area contributed by atoms with Crippen LogP contribution in [0.1, 0.15) is 23.7 Å². The standard InChI is InChI=1S/C23H20FN3O/c1-4-28-23-21(24)16-27(22(23)15-25)20-13-9-18(10-14-20)6-5-17-7-11-19(12-8-17)26(2)3/h7-14,16H,4H2,1-3H3. The van der Waals surface area contributed by atoms with E-state index in [0.717, 1.165) is 16.8 Å². The number of benzene rings is 2. The summed E-state index contributed by atoms with van der Waals surface area (Å²) >= 11 is 0. The van der Waals surface area contributed by atoms with Gasteiger partial charge in [-0.25, -0.2) is 4.39 Å². The van der Waals surface area contributed by atoms with E-state index in [0.29, 0.717) is 12.3 Å². The van der Waals surface area contributed by atoms with Crippen molar-refractivity contribution in [1.82, 2.24) is 4.57 Å². The van der Waals surface area contributed by atoms with Crippen LogP contribution in [0.15, 0.2) is 54.7 Å². The smallest absolute Gasteiger partial charge is 0.191 e. The van der Waals surface area contributed by atoms with Gasteiger partial charge in [0, 0.05) is 36.6 Å². The second kappa shape index (κ2) is 8.33. The molecule has 0 N–H and O–H groups in total. The van der Waals surface area contributed by atoms with E-state index in [1.807, 2.05) is 61.5 Å². The van der Waals surface area contributed by atoms with Crippen molar-refractivity contribution < 1.29 is 9.13 Å². The largest absolute Gasteiger partial charge is 0.488 e. The van der Waals surface area contributed by atoms with Crippen LogP contribution in [0.3, 0.4) is 0 Å². The first-order chi connectivity index (χ1) is 13.5. The summed E-state index contributed by atoms with van der Waals surface area (Å²) in [7, 11) is 3.99. The third-order valence-electron chi connectivity index (χ3n) is 4.19. The minimum absolute atomic E-state index is 0.0185. The van der Waals surface area contributed by atoms with Gasteiger partial charge in [0.15, 0.2) is 17.3 Å². The highest BCUT2D eigenvalue weighted by Crippen LogP contribution is 2.27. The molecule has 1 aromatic heterocycles. The second-order valence-corrected chi connectivity index (χ2v) is 6.31. The Balaban J connectivity index is 1.84. The fraction of sp³-hybridized carbons (Fsp3) is 0.174. The monoisotopic (exact) mass is 373 g/mol. The molecule has 0 saturated carbocycles. The van der Waals surface area contributed by atoms with E-state index < -0.39 is 5.82 Å². The van der Waals surface area contributed by atoms with Gasteiger partial charge in [0.05, 0.1) is 12.8 Å². The lowest BCUT2D eigenvalue weighted by Crippen LogP contribution is -2.07. The average Bonchev–Trinajstić information content (AvgIpc) is 3.03. The highest BCUT2D eigenvalue weighted by molar-refractivity contribution is 5.53. The molecule has 5 heteroatoms. The van der Waals surface area contributed by atoms with Crippen LogP contribution >= 0.6 is 0 Å². The summed E-state index contributed by atoms with van der Waals surface area (Å²) in [5.74, 6) is 5.68. The molecule has 3 rings (SSSR count). The molecule has 4 nitrogen and oxygen atoms in total. The Bertz CT molecular complexity index is 1060. The van der Waals surface area contributed by atoms with E-state index in [4.69, 9.17) is 4.74 Å². The SMILES string of the molecule is CCOc1c(F)cn(-c2ccc(C#Cc3ccc(N(C)C)cc3)cc2)c1C#N. The second-order valence-electron chi connectivity index (χ2n) is 6.31. The first kappa shape index (κ1) is 19.1. The number of rotatable bonds is 4. The van der Waals surface area contributed by atoms with Gasteiger partial charge in [-0.05, 0) is 55.5 Å². The van der Waals surface area contributed by atoms with Crippen LogP contribution in [0, 0.1) is 29.0 Å². The van der Waals surface area contributed by atoms with Crippen molar-refractivity contribution in [3.63, 3.8) is 0 Å². The van der Waals surface area contributed by atoms with Gasteiger partial charge < -0.3 is 14.2 Å². The van der Waals surface area contributed by atoms with Crippen LogP contribution in [0.25, 0.3) is 5.69 Å². The quantitative estimate of drug-likeness (QED) is 0.639.